The summed E-state index contributed by atoms with van der Waals surface area (Å²) in [6.07, 6.45) is 49.3. The van der Waals surface area contributed by atoms with E-state index in [1.165, 1.54) is 128 Å². The normalized spacial score (nSPS) is 27.9. The number of aliphatic hydroxyl groups is 11. The molecule has 19 heteroatoms. The van der Waals surface area contributed by atoms with E-state index in [2.05, 4.69) is 110 Å². The van der Waals surface area contributed by atoms with E-state index in [0.717, 1.165) is 64.2 Å². The summed E-state index contributed by atoms with van der Waals surface area (Å²) in [6.45, 7) is 1.56. The van der Waals surface area contributed by atoms with Gasteiger partial charge in [-0.05, 0) is 83.5 Å². The number of ether oxygens (including phenoxy) is 6. The highest BCUT2D eigenvalue weighted by atomic mass is 16.8. The monoisotopic (exact) mass is 1340 g/mol. The van der Waals surface area contributed by atoms with Crippen molar-refractivity contribution in [3.8, 4) is 0 Å². The zero-order chi connectivity index (χ0) is 68.9. The topological polar surface area (TPSA) is 307 Å². The Morgan fingerprint density at radius 1 is 0.389 bits per heavy atom. The molecule has 19 nitrogen and oxygen atoms in total. The van der Waals surface area contributed by atoms with E-state index in [1.807, 2.05) is 12.2 Å². The fourth-order valence-corrected chi connectivity index (χ4v) is 11.7. The molecule has 0 aliphatic carbocycles. The molecule has 95 heavy (non-hydrogen) atoms. The van der Waals surface area contributed by atoms with Crippen molar-refractivity contribution in [1.29, 1.82) is 0 Å². The molecule has 546 valence electrons. The third kappa shape index (κ3) is 37.5. The van der Waals surface area contributed by atoms with Crippen LogP contribution in [-0.2, 0) is 33.2 Å². The van der Waals surface area contributed by atoms with Crippen LogP contribution in [0.1, 0.15) is 232 Å². The molecule has 0 radical (unpaired) electrons. The van der Waals surface area contributed by atoms with Crippen LogP contribution in [0.25, 0.3) is 0 Å². The number of allylic oxidation sites excluding steroid dienone is 17. The summed E-state index contributed by atoms with van der Waals surface area (Å²) in [6, 6.07) is -1.03. The standard InChI is InChI=1S/C76H129NO18/c1-3-5-7-9-11-13-15-17-19-21-23-25-27-28-29-30-32-33-35-37-39-41-43-45-47-49-51-53-60(81)59(77-64(82)54-52-50-48-46-44-42-40-38-36-34-31-26-24-22-20-18-16-14-12-10-8-6-4-2)58-90-74-70(88)67(85)72(62(56-79)92-74)95-76-71(89)68(86)73(63(57-80)93-76)94-75-69(87)66(84)65(83)61(55-78)91-75/h6,8,12,14,18,20,24,26,34,36,40,42-43,45-46,48,51,53,59-63,65-76,78-81,83-89H,3-5,7,9-11,13,15-17,19,21-23,25,27-33,35,37-39,41,44,47,49-50,52,54-58H2,1-2H3,(H,77,82)/b8-6-,14-12-,20-18-,26-24-,36-34-,42-40-,45-43+,48-46-,53-51+. The minimum absolute atomic E-state index is 0.149. The average molecular weight is 1340 g/mol. The van der Waals surface area contributed by atoms with E-state index in [0.29, 0.717) is 19.3 Å². The van der Waals surface area contributed by atoms with Crippen molar-refractivity contribution >= 4 is 5.91 Å². The SMILES string of the molecule is CC/C=C\C/C=C\C/C=C\C/C=C\C/C=C\C/C=C\C/C=C\CCCC(=O)NC(COC1OC(CO)C(OC2OC(CO)C(OC3OC(CO)C(O)C(O)C3O)C(O)C2O)C(O)C1O)C(O)/C=C/CC/C=C/CCCCCCCCCCCCCCCCCCCCCCC. The molecule has 0 aromatic rings. The maximum Gasteiger partial charge on any atom is 0.220 e. The molecule has 3 aliphatic rings. The van der Waals surface area contributed by atoms with Gasteiger partial charge >= 0.3 is 0 Å². The molecular formula is C76H129NO18. The quantitative estimate of drug-likeness (QED) is 0.0199. The molecule has 17 atom stereocenters. The number of hydrogen-bond donors (Lipinski definition) is 12. The molecule has 0 aromatic heterocycles. The lowest BCUT2D eigenvalue weighted by molar-refractivity contribution is -0.379. The molecular weight excluding hydrogens is 1210 g/mol. The van der Waals surface area contributed by atoms with E-state index in [-0.39, 0.29) is 12.3 Å². The molecule has 0 saturated carbocycles. The predicted octanol–water partition coefficient (Wildman–Crippen LogP) is 10.6. The van der Waals surface area contributed by atoms with Crippen molar-refractivity contribution < 1.29 is 89.4 Å². The first kappa shape index (κ1) is 85.7. The lowest BCUT2D eigenvalue weighted by Gasteiger charge is -2.48. The number of hydrogen-bond acceptors (Lipinski definition) is 18. The first-order chi connectivity index (χ1) is 46.3. The smallest absolute Gasteiger partial charge is 0.220 e. The summed E-state index contributed by atoms with van der Waals surface area (Å²) in [5.74, 6) is -0.346. The Bertz CT molecular complexity index is 2140. The van der Waals surface area contributed by atoms with Crippen LogP contribution in [-0.4, -0.2) is 193 Å². The van der Waals surface area contributed by atoms with E-state index in [1.54, 1.807) is 6.08 Å². The van der Waals surface area contributed by atoms with Crippen LogP contribution in [0, 0.1) is 0 Å². The van der Waals surface area contributed by atoms with Gasteiger partial charge in [0.05, 0.1) is 38.6 Å². The molecule has 3 heterocycles. The highest BCUT2D eigenvalue weighted by molar-refractivity contribution is 5.76. The molecule has 12 N–H and O–H groups in total. The Morgan fingerprint density at radius 2 is 0.737 bits per heavy atom. The second-order valence-electron chi connectivity index (χ2n) is 25.7. The van der Waals surface area contributed by atoms with Crippen molar-refractivity contribution in [3.05, 3.63) is 109 Å². The second-order valence-corrected chi connectivity index (χ2v) is 25.7. The summed E-state index contributed by atoms with van der Waals surface area (Å²) in [5, 5.41) is 121. The Morgan fingerprint density at radius 3 is 1.18 bits per heavy atom. The zero-order valence-corrected chi connectivity index (χ0v) is 57.9. The van der Waals surface area contributed by atoms with Gasteiger partial charge in [-0.25, -0.2) is 0 Å². The number of amides is 1. The minimum Gasteiger partial charge on any atom is -0.394 e. The third-order valence-electron chi connectivity index (χ3n) is 17.6. The summed E-state index contributed by atoms with van der Waals surface area (Å²) < 4.78 is 34.3. The first-order valence-corrected chi connectivity index (χ1v) is 36.6. The van der Waals surface area contributed by atoms with Crippen LogP contribution in [0.5, 0.6) is 0 Å². The number of unbranched alkanes of at least 4 members (excludes halogenated alkanes) is 23. The lowest BCUT2D eigenvalue weighted by Crippen LogP contribution is -2.66. The highest BCUT2D eigenvalue weighted by Crippen LogP contribution is 2.33. The van der Waals surface area contributed by atoms with E-state index in [9.17, 15) is 61.0 Å². The molecule has 1 amide bonds. The van der Waals surface area contributed by atoms with Crippen LogP contribution in [0.3, 0.4) is 0 Å². The van der Waals surface area contributed by atoms with Crippen LogP contribution < -0.4 is 5.32 Å². The van der Waals surface area contributed by atoms with Crippen molar-refractivity contribution in [1.82, 2.24) is 5.32 Å². The lowest BCUT2D eigenvalue weighted by atomic mass is 9.96. The van der Waals surface area contributed by atoms with Crippen molar-refractivity contribution in [2.75, 3.05) is 26.4 Å². The van der Waals surface area contributed by atoms with E-state index < -0.39 is 131 Å². The predicted molar refractivity (Wildman–Crippen MR) is 374 cm³/mol. The summed E-state index contributed by atoms with van der Waals surface area (Å²) >= 11 is 0. The number of nitrogens with one attached hydrogen (secondary N) is 1. The highest BCUT2D eigenvalue weighted by Gasteiger charge is 2.53. The van der Waals surface area contributed by atoms with Gasteiger partial charge in [-0.15, -0.1) is 0 Å². The van der Waals surface area contributed by atoms with Gasteiger partial charge in [0.1, 0.15) is 73.2 Å². The Hall–Kier alpha value is -3.55. The van der Waals surface area contributed by atoms with Crippen molar-refractivity contribution in [2.45, 2.75) is 336 Å². The second kappa shape index (κ2) is 56.2. The molecule has 17 unspecified atom stereocenters. The van der Waals surface area contributed by atoms with Gasteiger partial charge in [-0.1, -0.05) is 252 Å². The fraction of sp³-hybridized carbons (Fsp3) is 0.750. The minimum atomic E-state index is -1.99. The van der Waals surface area contributed by atoms with Crippen LogP contribution in [0.4, 0.5) is 0 Å². The maximum absolute atomic E-state index is 13.4. The molecule has 0 spiro atoms. The van der Waals surface area contributed by atoms with Gasteiger partial charge in [0.25, 0.3) is 0 Å². The van der Waals surface area contributed by atoms with Gasteiger partial charge in [-0.2, -0.15) is 0 Å². The van der Waals surface area contributed by atoms with Gasteiger partial charge < -0.3 is 89.9 Å². The molecule has 3 aliphatic heterocycles. The van der Waals surface area contributed by atoms with Crippen LogP contribution in [0.2, 0.25) is 0 Å². The van der Waals surface area contributed by atoms with Crippen LogP contribution in [0.15, 0.2) is 109 Å². The Balaban J connectivity index is 1.46. The summed E-state index contributed by atoms with van der Waals surface area (Å²) in [5.41, 5.74) is 0. The number of rotatable bonds is 55. The Labute approximate surface area is 570 Å². The molecule has 3 saturated heterocycles. The fourth-order valence-electron chi connectivity index (χ4n) is 11.7. The maximum atomic E-state index is 13.4. The molecule has 0 bridgehead atoms. The molecule has 3 rings (SSSR count). The summed E-state index contributed by atoms with van der Waals surface area (Å²) in [7, 11) is 0. The van der Waals surface area contributed by atoms with Crippen molar-refractivity contribution in [2.24, 2.45) is 0 Å². The molecule has 3 fully saturated rings. The third-order valence-corrected chi connectivity index (χ3v) is 17.6. The number of aliphatic hydroxyl groups excluding tert-OH is 11. The van der Waals surface area contributed by atoms with Gasteiger partial charge in [-0.3, -0.25) is 4.79 Å². The zero-order valence-electron chi connectivity index (χ0n) is 57.9. The van der Waals surface area contributed by atoms with Crippen LogP contribution >= 0.6 is 0 Å². The van der Waals surface area contributed by atoms with Gasteiger partial charge in [0, 0.05) is 6.42 Å². The number of carbonyl (C=O) groups is 1. The van der Waals surface area contributed by atoms with Crippen molar-refractivity contribution in [3.63, 3.8) is 0 Å². The van der Waals surface area contributed by atoms with E-state index >= 15 is 0 Å². The average Bonchev–Trinajstić information content (AvgIpc) is 0.787. The van der Waals surface area contributed by atoms with Gasteiger partial charge in [0.2, 0.25) is 5.91 Å². The van der Waals surface area contributed by atoms with Gasteiger partial charge in [0.15, 0.2) is 18.9 Å². The Kier molecular flexibility index (Phi) is 50.7. The molecule has 0 aromatic carbocycles. The largest absolute Gasteiger partial charge is 0.394 e. The van der Waals surface area contributed by atoms with E-state index in [4.69, 9.17) is 28.4 Å². The number of carbonyl (C=O) groups excluding carboxylic acids is 1. The first-order valence-electron chi connectivity index (χ1n) is 36.6. The summed E-state index contributed by atoms with van der Waals surface area (Å²) in [4.78, 5) is 13.4.